The van der Waals surface area contributed by atoms with Crippen LogP contribution in [0.25, 0.3) is 0 Å². The lowest BCUT2D eigenvalue weighted by atomic mass is 10.1. The fourth-order valence-electron chi connectivity index (χ4n) is 3.49. The molecule has 0 spiro atoms. The van der Waals surface area contributed by atoms with Crippen molar-refractivity contribution < 1.29 is 9.32 Å². The van der Waals surface area contributed by atoms with Gasteiger partial charge in [0, 0.05) is 30.5 Å². The predicted octanol–water partition coefficient (Wildman–Crippen LogP) is 3.25. The molecule has 114 valence electrons. The normalized spacial score (nSPS) is 22.6. The monoisotopic (exact) mass is 297 g/mol. The van der Waals surface area contributed by atoms with E-state index in [4.69, 9.17) is 4.52 Å². The average molecular weight is 297 g/mol. The maximum atomic E-state index is 12.3. The summed E-state index contributed by atoms with van der Waals surface area (Å²) < 4.78 is 5.45. The zero-order valence-corrected chi connectivity index (χ0v) is 12.4. The first-order valence-electron chi connectivity index (χ1n) is 8.00. The number of nitrogens with zero attached hydrogens (tertiary/aromatic N) is 3. The van der Waals surface area contributed by atoms with Crippen molar-refractivity contribution in [2.45, 2.75) is 43.9 Å². The van der Waals surface area contributed by atoms with E-state index in [0.29, 0.717) is 24.7 Å². The van der Waals surface area contributed by atoms with Crippen LogP contribution in [0.4, 0.5) is 5.69 Å². The number of aromatic nitrogens is 2. The van der Waals surface area contributed by atoms with E-state index in [-0.39, 0.29) is 11.8 Å². The molecule has 5 heteroatoms. The van der Waals surface area contributed by atoms with E-state index in [1.807, 2.05) is 35.2 Å². The van der Waals surface area contributed by atoms with Gasteiger partial charge in [-0.15, -0.1) is 0 Å². The summed E-state index contributed by atoms with van der Waals surface area (Å²) in [7, 11) is 0. The number of carbonyl (C=O) groups excluding carboxylic acids is 1. The molecule has 2 aromatic rings. The molecule has 1 aromatic carbocycles. The Bertz CT molecular complexity index is 662. The number of rotatable bonds is 3. The lowest BCUT2D eigenvalue weighted by Crippen LogP contribution is -2.24. The molecule has 2 aliphatic rings. The van der Waals surface area contributed by atoms with Crippen molar-refractivity contribution in [2.75, 3.05) is 11.4 Å². The highest BCUT2D eigenvalue weighted by molar-refractivity contribution is 5.96. The summed E-state index contributed by atoms with van der Waals surface area (Å²) in [5, 5.41) is 4.14. The minimum Gasteiger partial charge on any atom is -0.339 e. The first kappa shape index (κ1) is 13.5. The van der Waals surface area contributed by atoms with Gasteiger partial charge in [-0.05, 0) is 25.0 Å². The van der Waals surface area contributed by atoms with Gasteiger partial charge in [-0.3, -0.25) is 4.79 Å². The Balaban J connectivity index is 1.51. The van der Waals surface area contributed by atoms with Crippen molar-refractivity contribution in [3.05, 3.63) is 42.0 Å². The van der Waals surface area contributed by atoms with E-state index in [1.54, 1.807) is 0 Å². The molecule has 0 N–H and O–H groups in total. The Labute approximate surface area is 129 Å². The lowest BCUT2D eigenvalue weighted by molar-refractivity contribution is -0.117. The van der Waals surface area contributed by atoms with Gasteiger partial charge < -0.3 is 9.42 Å². The Kier molecular flexibility index (Phi) is 3.41. The minimum absolute atomic E-state index is 0.0339. The van der Waals surface area contributed by atoms with E-state index in [9.17, 15) is 4.79 Å². The summed E-state index contributed by atoms with van der Waals surface area (Å²) in [6.45, 7) is 0.631. The maximum absolute atomic E-state index is 12.3. The van der Waals surface area contributed by atoms with Gasteiger partial charge in [0.25, 0.3) is 0 Å². The van der Waals surface area contributed by atoms with Crippen LogP contribution < -0.4 is 4.90 Å². The molecule has 5 nitrogen and oxygen atoms in total. The van der Waals surface area contributed by atoms with Gasteiger partial charge in [0.05, 0.1) is 0 Å². The van der Waals surface area contributed by atoms with Crippen LogP contribution in [0.15, 0.2) is 34.9 Å². The highest BCUT2D eigenvalue weighted by Gasteiger charge is 2.35. The standard InChI is InChI=1S/C17H19N3O2/c21-15-10-13(11-20(15)14-8-2-1-3-9-14)16-18-17(22-19-16)12-6-4-5-7-12/h1-3,8-9,12-13H,4-7,10-11H2/t13-/m1/s1. The van der Waals surface area contributed by atoms with E-state index in [1.165, 1.54) is 12.8 Å². The first-order valence-corrected chi connectivity index (χ1v) is 8.00. The third kappa shape index (κ3) is 2.40. The highest BCUT2D eigenvalue weighted by atomic mass is 16.5. The van der Waals surface area contributed by atoms with Crippen LogP contribution >= 0.6 is 0 Å². The Morgan fingerprint density at radius 3 is 2.64 bits per heavy atom. The molecule has 1 aliphatic heterocycles. The molecule has 4 rings (SSSR count). The van der Waals surface area contributed by atoms with Crippen LogP contribution in [0.5, 0.6) is 0 Å². The summed E-state index contributed by atoms with van der Waals surface area (Å²) in [4.78, 5) is 18.7. The Morgan fingerprint density at radius 2 is 1.86 bits per heavy atom. The topological polar surface area (TPSA) is 59.2 Å². The van der Waals surface area contributed by atoms with Crippen molar-refractivity contribution in [3.8, 4) is 0 Å². The molecule has 1 aromatic heterocycles. The number of para-hydroxylation sites is 1. The third-order valence-electron chi connectivity index (χ3n) is 4.72. The smallest absolute Gasteiger partial charge is 0.229 e. The number of amides is 1. The van der Waals surface area contributed by atoms with Gasteiger partial charge in [0.15, 0.2) is 5.82 Å². The average Bonchev–Trinajstić information content (AvgIpc) is 3.28. The van der Waals surface area contributed by atoms with Crippen molar-refractivity contribution in [1.29, 1.82) is 0 Å². The fourth-order valence-corrected chi connectivity index (χ4v) is 3.49. The lowest BCUT2D eigenvalue weighted by Gasteiger charge is -2.15. The second-order valence-electron chi connectivity index (χ2n) is 6.21. The number of anilines is 1. The Morgan fingerprint density at radius 1 is 1.09 bits per heavy atom. The molecule has 0 unspecified atom stereocenters. The summed E-state index contributed by atoms with van der Waals surface area (Å²) in [6.07, 6.45) is 5.22. The van der Waals surface area contributed by atoms with Crippen LogP contribution in [0, 0.1) is 0 Å². The zero-order chi connectivity index (χ0) is 14.9. The highest BCUT2D eigenvalue weighted by Crippen LogP contribution is 2.35. The molecule has 0 radical (unpaired) electrons. The third-order valence-corrected chi connectivity index (χ3v) is 4.72. The van der Waals surface area contributed by atoms with E-state index in [0.717, 1.165) is 24.4 Å². The van der Waals surface area contributed by atoms with E-state index < -0.39 is 0 Å². The predicted molar refractivity (Wildman–Crippen MR) is 81.7 cm³/mol. The van der Waals surface area contributed by atoms with Crippen molar-refractivity contribution in [3.63, 3.8) is 0 Å². The van der Waals surface area contributed by atoms with Gasteiger partial charge in [-0.1, -0.05) is 36.2 Å². The van der Waals surface area contributed by atoms with Gasteiger partial charge in [-0.2, -0.15) is 4.98 Å². The second kappa shape index (κ2) is 5.55. The van der Waals surface area contributed by atoms with Gasteiger partial charge in [-0.25, -0.2) is 0 Å². The van der Waals surface area contributed by atoms with Crippen molar-refractivity contribution in [1.82, 2.24) is 10.1 Å². The maximum Gasteiger partial charge on any atom is 0.229 e. The molecular weight excluding hydrogens is 278 g/mol. The number of carbonyl (C=O) groups is 1. The SMILES string of the molecule is O=C1C[C@@H](c2noc(C3CCCC3)n2)CN1c1ccccc1. The molecule has 1 saturated heterocycles. The molecule has 2 heterocycles. The van der Waals surface area contributed by atoms with Crippen LogP contribution in [-0.4, -0.2) is 22.6 Å². The summed E-state index contributed by atoms with van der Waals surface area (Å²) in [6, 6.07) is 9.76. The van der Waals surface area contributed by atoms with Gasteiger partial charge >= 0.3 is 0 Å². The Hall–Kier alpha value is -2.17. The quantitative estimate of drug-likeness (QED) is 0.872. The molecular formula is C17H19N3O2. The number of hydrogen-bond acceptors (Lipinski definition) is 4. The molecule has 22 heavy (non-hydrogen) atoms. The minimum atomic E-state index is 0.0339. The summed E-state index contributed by atoms with van der Waals surface area (Å²) >= 11 is 0. The largest absolute Gasteiger partial charge is 0.339 e. The molecule has 2 fully saturated rings. The van der Waals surface area contributed by atoms with Crippen LogP contribution in [-0.2, 0) is 4.79 Å². The summed E-state index contributed by atoms with van der Waals surface area (Å²) in [5.74, 6) is 2.03. The van der Waals surface area contributed by atoms with Crippen LogP contribution in [0.2, 0.25) is 0 Å². The molecule has 0 bridgehead atoms. The van der Waals surface area contributed by atoms with Crippen LogP contribution in [0.3, 0.4) is 0 Å². The molecule has 1 amide bonds. The van der Waals surface area contributed by atoms with E-state index in [2.05, 4.69) is 10.1 Å². The number of hydrogen-bond donors (Lipinski definition) is 0. The van der Waals surface area contributed by atoms with E-state index >= 15 is 0 Å². The molecule has 1 saturated carbocycles. The number of benzene rings is 1. The van der Waals surface area contributed by atoms with Crippen molar-refractivity contribution in [2.24, 2.45) is 0 Å². The fraction of sp³-hybridized carbons (Fsp3) is 0.471. The van der Waals surface area contributed by atoms with Gasteiger partial charge in [0.1, 0.15) is 0 Å². The van der Waals surface area contributed by atoms with Crippen LogP contribution in [0.1, 0.15) is 55.7 Å². The second-order valence-corrected chi connectivity index (χ2v) is 6.21. The van der Waals surface area contributed by atoms with Crippen molar-refractivity contribution >= 4 is 11.6 Å². The van der Waals surface area contributed by atoms with Gasteiger partial charge in [0.2, 0.25) is 11.8 Å². The zero-order valence-electron chi connectivity index (χ0n) is 12.4. The molecule has 1 aliphatic carbocycles. The summed E-state index contributed by atoms with van der Waals surface area (Å²) in [5.41, 5.74) is 0.939. The molecule has 1 atom stereocenters. The first-order chi connectivity index (χ1) is 10.8.